The number of pyridine rings is 2. The van der Waals surface area contributed by atoms with Crippen LogP contribution in [0, 0.1) is 22.7 Å². The Balaban J connectivity index is 1.09. The molecule has 0 N–H and O–H groups in total. The van der Waals surface area contributed by atoms with Crippen LogP contribution in [0.15, 0.2) is 218 Å². The molecule has 0 bridgehead atoms. The Kier molecular flexibility index (Phi) is 9.16. The Labute approximate surface area is 380 Å². The van der Waals surface area contributed by atoms with Crippen LogP contribution in [0.2, 0.25) is 0 Å². The van der Waals surface area contributed by atoms with E-state index in [0.29, 0.717) is 11.1 Å². The smallest absolute Gasteiger partial charge is 0.104 e. The lowest BCUT2D eigenvalue weighted by Gasteiger charge is -2.20. The van der Waals surface area contributed by atoms with Gasteiger partial charge in [-0.05, 0) is 84.4 Å². The van der Waals surface area contributed by atoms with Crippen LogP contribution in [-0.4, -0.2) is 19.1 Å². The van der Waals surface area contributed by atoms with Gasteiger partial charge in [0.25, 0.3) is 0 Å². The molecule has 8 aromatic carbocycles. The quantitative estimate of drug-likeness (QED) is 0.160. The predicted molar refractivity (Wildman–Crippen MR) is 267 cm³/mol. The zero-order chi connectivity index (χ0) is 44.1. The molecule has 0 radical (unpaired) electrons. The van der Waals surface area contributed by atoms with Crippen molar-refractivity contribution >= 4 is 43.6 Å². The average Bonchev–Trinajstić information content (AvgIpc) is 3.90. The summed E-state index contributed by atoms with van der Waals surface area (Å²) in [6, 6.07) is 79.3. The Morgan fingerprint density at radius 2 is 0.803 bits per heavy atom. The van der Waals surface area contributed by atoms with Crippen molar-refractivity contribution in [2.75, 3.05) is 0 Å². The summed E-state index contributed by atoms with van der Waals surface area (Å²) in [6.07, 6.45) is 0. The van der Waals surface area contributed by atoms with Crippen LogP contribution < -0.4 is 0 Å². The molecule has 6 heteroatoms. The molecule has 0 aliphatic rings. The molecular formula is C60H36N6. The van der Waals surface area contributed by atoms with E-state index in [4.69, 9.17) is 9.97 Å². The number of hydrogen-bond donors (Lipinski definition) is 0. The van der Waals surface area contributed by atoms with Crippen molar-refractivity contribution < 1.29 is 0 Å². The first-order valence-corrected chi connectivity index (χ1v) is 21.9. The van der Waals surface area contributed by atoms with Crippen molar-refractivity contribution in [2.45, 2.75) is 0 Å². The predicted octanol–water partition coefficient (Wildman–Crippen LogP) is 14.7. The molecule has 0 spiro atoms. The maximum Gasteiger partial charge on any atom is 0.104 e. The molecule has 12 aromatic rings. The highest BCUT2D eigenvalue weighted by Crippen LogP contribution is 2.43. The summed E-state index contributed by atoms with van der Waals surface area (Å²) >= 11 is 0. The molecule has 0 aliphatic heterocycles. The van der Waals surface area contributed by atoms with Crippen molar-refractivity contribution in [3.8, 4) is 79.7 Å². The minimum atomic E-state index is 0.503. The summed E-state index contributed by atoms with van der Waals surface area (Å²) in [5.74, 6) is 0. The topological polar surface area (TPSA) is 83.2 Å². The molecular weight excluding hydrogens is 805 g/mol. The van der Waals surface area contributed by atoms with E-state index in [1.807, 2.05) is 84.9 Å². The molecule has 0 aliphatic carbocycles. The summed E-state index contributed by atoms with van der Waals surface area (Å²) in [7, 11) is 0. The maximum atomic E-state index is 11.6. The van der Waals surface area contributed by atoms with E-state index in [1.165, 1.54) is 0 Å². The van der Waals surface area contributed by atoms with Crippen LogP contribution in [0.5, 0.6) is 0 Å². The normalized spacial score (nSPS) is 11.3. The highest BCUT2D eigenvalue weighted by atomic mass is 15.0. The third-order valence-electron chi connectivity index (χ3n) is 12.6. The Morgan fingerprint density at radius 1 is 0.333 bits per heavy atom. The van der Waals surface area contributed by atoms with Crippen molar-refractivity contribution in [1.82, 2.24) is 19.1 Å². The van der Waals surface area contributed by atoms with E-state index in [1.54, 1.807) is 0 Å². The number of fused-ring (bicyclic) bond motifs is 6. The minimum absolute atomic E-state index is 0.503. The molecule has 4 aromatic heterocycles. The van der Waals surface area contributed by atoms with E-state index >= 15 is 0 Å². The van der Waals surface area contributed by atoms with Gasteiger partial charge in [0.2, 0.25) is 0 Å². The van der Waals surface area contributed by atoms with Gasteiger partial charge in [-0.15, -0.1) is 0 Å². The zero-order valence-corrected chi connectivity index (χ0v) is 35.5. The summed E-state index contributed by atoms with van der Waals surface area (Å²) < 4.78 is 4.45. The first kappa shape index (κ1) is 38.3. The SMILES string of the molecule is N#Cc1cccc(-c2ccc(-n3c4ccccc4c4cc(-c5cccc(-c6ccccc6)n5)ccc43)c(C#N)c2-n2c3ccccc3c3cc(-c4cccc(-c5ccccc5)n4)ccc32)c1. The monoisotopic (exact) mass is 840 g/mol. The number of para-hydroxylation sites is 2. The summed E-state index contributed by atoms with van der Waals surface area (Å²) in [5.41, 5.74) is 15.8. The molecule has 0 fully saturated rings. The van der Waals surface area contributed by atoms with Gasteiger partial charge in [-0.2, -0.15) is 10.5 Å². The zero-order valence-electron chi connectivity index (χ0n) is 35.5. The van der Waals surface area contributed by atoms with Gasteiger partial charge in [-0.3, -0.25) is 0 Å². The van der Waals surface area contributed by atoms with Crippen LogP contribution in [0.4, 0.5) is 0 Å². The van der Waals surface area contributed by atoms with Crippen molar-refractivity contribution in [2.24, 2.45) is 0 Å². The van der Waals surface area contributed by atoms with E-state index in [2.05, 4.69) is 155 Å². The fourth-order valence-corrected chi connectivity index (χ4v) is 9.59. The highest BCUT2D eigenvalue weighted by Gasteiger charge is 2.25. The van der Waals surface area contributed by atoms with E-state index in [-0.39, 0.29) is 0 Å². The molecule has 6 nitrogen and oxygen atoms in total. The Hall–Kier alpha value is -9.36. The highest BCUT2D eigenvalue weighted by molar-refractivity contribution is 6.13. The second kappa shape index (κ2) is 15.8. The average molecular weight is 841 g/mol. The van der Waals surface area contributed by atoms with Gasteiger partial charge in [0.1, 0.15) is 11.6 Å². The van der Waals surface area contributed by atoms with Gasteiger partial charge in [0.05, 0.1) is 67.8 Å². The first-order chi connectivity index (χ1) is 32.6. The molecule has 66 heavy (non-hydrogen) atoms. The molecule has 4 heterocycles. The largest absolute Gasteiger partial charge is 0.308 e. The van der Waals surface area contributed by atoms with E-state index < -0.39 is 0 Å². The number of aromatic nitrogens is 4. The van der Waals surface area contributed by atoms with Crippen LogP contribution >= 0.6 is 0 Å². The number of nitrogens with zero attached hydrogens (tertiary/aromatic N) is 6. The molecule has 0 saturated carbocycles. The van der Waals surface area contributed by atoms with Gasteiger partial charge in [-0.25, -0.2) is 9.97 Å². The van der Waals surface area contributed by atoms with Crippen LogP contribution in [0.1, 0.15) is 11.1 Å². The van der Waals surface area contributed by atoms with Crippen LogP contribution in [-0.2, 0) is 0 Å². The third kappa shape index (κ3) is 6.33. The number of rotatable bonds is 7. The maximum absolute atomic E-state index is 11.6. The molecule has 0 atom stereocenters. The van der Waals surface area contributed by atoms with Gasteiger partial charge in [0.15, 0.2) is 0 Å². The molecule has 12 rings (SSSR count). The number of nitriles is 2. The van der Waals surface area contributed by atoms with Crippen LogP contribution in [0.25, 0.3) is 111 Å². The fraction of sp³-hybridized carbons (Fsp3) is 0. The first-order valence-electron chi connectivity index (χ1n) is 21.9. The molecule has 0 unspecified atom stereocenters. The van der Waals surface area contributed by atoms with Crippen LogP contribution in [0.3, 0.4) is 0 Å². The van der Waals surface area contributed by atoms with Crippen molar-refractivity contribution in [3.05, 3.63) is 230 Å². The van der Waals surface area contributed by atoms with Gasteiger partial charge in [0, 0.05) is 49.4 Å². The fourth-order valence-electron chi connectivity index (χ4n) is 9.59. The van der Waals surface area contributed by atoms with Gasteiger partial charge < -0.3 is 9.13 Å². The second-order valence-electron chi connectivity index (χ2n) is 16.4. The molecule has 0 amide bonds. The molecule has 0 saturated heterocycles. The Morgan fingerprint density at radius 3 is 1.36 bits per heavy atom. The lowest BCUT2D eigenvalue weighted by molar-refractivity contribution is 1.12. The lowest BCUT2D eigenvalue weighted by atomic mass is 9.97. The standard InChI is InChI=1S/C60H36N6/c61-37-39-14-11-19-42(34-39)45-30-33-59(65-55-26-9-7-20-46(55)48-35-43(28-31-57(48)65)53-24-12-22-51(63-53)40-15-3-1-4-16-40)50(38-62)60(45)66-56-27-10-8-21-47(56)49-36-44(29-32-58(49)66)54-25-13-23-52(64-54)41-17-5-2-6-18-41/h1-36H. The summed E-state index contributed by atoms with van der Waals surface area (Å²) in [4.78, 5) is 10.2. The Bertz CT molecular complexity index is 3960. The van der Waals surface area contributed by atoms with Crippen molar-refractivity contribution in [3.63, 3.8) is 0 Å². The second-order valence-corrected chi connectivity index (χ2v) is 16.4. The minimum Gasteiger partial charge on any atom is -0.308 e. The van der Waals surface area contributed by atoms with E-state index in [0.717, 1.165) is 111 Å². The number of hydrogen-bond acceptors (Lipinski definition) is 4. The summed E-state index contributed by atoms with van der Waals surface area (Å²) in [5, 5.41) is 25.9. The third-order valence-corrected chi connectivity index (χ3v) is 12.6. The summed E-state index contributed by atoms with van der Waals surface area (Å²) in [6.45, 7) is 0. The van der Waals surface area contributed by atoms with E-state index in [9.17, 15) is 10.5 Å². The number of benzene rings is 8. The lowest BCUT2D eigenvalue weighted by Crippen LogP contribution is -2.06. The molecule has 306 valence electrons. The van der Waals surface area contributed by atoms with Crippen molar-refractivity contribution in [1.29, 1.82) is 10.5 Å². The van der Waals surface area contributed by atoms with Gasteiger partial charge >= 0.3 is 0 Å². The van der Waals surface area contributed by atoms with Gasteiger partial charge in [-0.1, -0.05) is 140 Å².